The Balaban J connectivity index is 0.000000106. The minimum Gasteiger partial charge on any atom is -0.247 e. The molecule has 630 valence electrons. The van der Waals surface area contributed by atoms with Gasteiger partial charge in [-0.15, -0.1) is 0 Å². The molecule has 0 amide bonds. The second kappa shape index (κ2) is 33.2. The van der Waals surface area contributed by atoms with Crippen molar-refractivity contribution in [1.82, 2.24) is 15.0 Å². The van der Waals surface area contributed by atoms with Crippen LogP contribution in [0.15, 0.2) is 504 Å². The first-order valence-electron chi connectivity index (χ1n) is 46.8. The number of benzene rings is 25. The van der Waals surface area contributed by atoms with Crippen LogP contribution >= 0.6 is 0 Å². The lowest BCUT2D eigenvalue weighted by Crippen LogP contribution is -1.94. The summed E-state index contributed by atoms with van der Waals surface area (Å²) in [6, 6.07) is 182. The van der Waals surface area contributed by atoms with Crippen LogP contribution in [0.4, 0.5) is 0 Å². The van der Waals surface area contributed by atoms with Crippen LogP contribution < -0.4 is 0 Å². The number of fused-ring (bicyclic) bond motifs is 19. The van der Waals surface area contributed by atoms with E-state index in [0.717, 1.165) is 55.7 Å². The van der Waals surface area contributed by atoms with Crippen LogP contribution in [0, 0.1) is 0 Å². The van der Waals surface area contributed by atoms with Crippen molar-refractivity contribution in [2.45, 2.75) is 0 Å². The minimum absolute atomic E-state index is 1.01. The largest absolute Gasteiger partial charge is 0.247 e. The molecule has 25 aromatic carbocycles. The molecule has 0 aliphatic carbocycles. The van der Waals surface area contributed by atoms with Crippen LogP contribution in [-0.2, 0) is 0 Å². The number of para-hydroxylation sites is 3. The van der Waals surface area contributed by atoms with Crippen molar-refractivity contribution in [1.29, 1.82) is 0 Å². The molecule has 0 saturated heterocycles. The Morgan fingerprint density at radius 3 is 0.699 bits per heavy atom. The molecule has 136 heavy (non-hydrogen) atoms. The van der Waals surface area contributed by atoms with E-state index < -0.39 is 0 Å². The Morgan fingerprint density at radius 1 is 0.103 bits per heavy atom. The van der Waals surface area contributed by atoms with Gasteiger partial charge < -0.3 is 0 Å². The third-order valence-electron chi connectivity index (χ3n) is 28.0. The van der Waals surface area contributed by atoms with E-state index in [1.807, 2.05) is 0 Å². The molecule has 3 heterocycles. The van der Waals surface area contributed by atoms with Crippen molar-refractivity contribution in [2.75, 3.05) is 0 Å². The molecule has 0 spiro atoms. The highest BCUT2D eigenvalue weighted by Crippen LogP contribution is 2.52. The SMILES string of the molecule is c1ccc(-c2c3ccccc3c(-c3ccccc3)c3cc(-c4nc5ccccc5c5ccccc45)ccc23)cc1.c1ccc2c(-c3c4ccccc4c(-c4cccc5ccccc45)c4cc(-c5nc6ccccc6c6ccccc56)ccc34)cccc2c1.c1ccc2cc(-c3c4ccccc4c(-c4ccc5ccccc5c4)c4cc(-c5nc6ccccc6c6ccccc56)ccc34)ccc2c1. The summed E-state index contributed by atoms with van der Waals surface area (Å²) in [6.45, 7) is 0. The van der Waals surface area contributed by atoms with Gasteiger partial charge in [0.2, 0.25) is 0 Å². The van der Waals surface area contributed by atoms with Crippen LogP contribution in [0.2, 0.25) is 0 Å². The van der Waals surface area contributed by atoms with E-state index in [4.69, 9.17) is 15.0 Å². The average molecular weight is 1720 g/mol. The fourth-order valence-electron chi connectivity index (χ4n) is 22.0. The Hall–Kier alpha value is -17.9. The van der Waals surface area contributed by atoms with E-state index in [9.17, 15) is 0 Å². The number of hydrogen-bond donors (Lipinski definition) is 0. The van der Waals surface area contributed by atoms with Gasteiger partial charge in [-0.2, -0.15) is 0 Å². The molecule has 3 heteroatoms. The van der Waals surface area contributed by atoms with Crippen LogP contribution in [0.1, 0.15) is 0 Å². The van der Waals surface area contributed by atoms with Gasteiger partial charge in [-0.3, -0.25) is 0 Å². The number of rotatable bonds is 9. The second-order valence-electron chi connectivity index (χ2n) is 35.6. The third kappa shape index (κ3) is 13.5. The molecule has 0 aliphatic rings. The lowest BCUT2D eigenvalue weighted by atomic mass is 9.83. The van der Waals surface area contributed by atoms with Gasteiger partial charge in [-0.05, 0) is 239 Å². The third-order valence-corrected chi connectivity index (χ3v) is 28.0. The summed E-state index contributed by atoms with van der Waals surface area (Å²) in [5.74, 6) is 0. The van der Waals surface area contributed by atoms with Gasteiger partial charge in [0.1, 0.15) is 0 Å². The Morgan fingerprint density at radius 2 is 0.331 bits per heavy atom. The number of aromatic nitrogens is 3. The van der Waals surface area contributed by atoms with E-state index in [-0.39, 0.29) is 0 Å². The minimum atomic E-state index is 1.01. The molecule has 28 rings (SSSR count). The van der Waals surface area contributed by atoms with Crippen molar-refractivity contribution < 1.29 is 0 Å². The summed E-state index contributed by atoms with van der Waals surface area (Å²) in [4.78, 5) is 15.8. The highest BCUT2D eigenvalue weighted by atomic mass is 14.7. The summed E-state index contributed by atoms with van der Waals surface area (Å²) >= 11 is 0. The molecular formula is C133H83N3. The van der Waals surface area contributed by atoms with Gasteiger partial charge in [0.15, 0.2) is 0 Å². The van der Waals surface area contributed by atoms with Gasteiger partial charge in [0.25, 0.3) is 0 Å². The first kappa shape index (κ1) is 79.1. The molecule has 0 bridgehead atoms. The van der Waals surface area contributed by atoms with E-state index in [1.165, 1.54) is 218 Å². The fraction of sp³-hybridized carbons (Fsp3) is 0. The van der Waals surface area contributed by atoms with Crippen molar-refractivity contribution in [2.24, 2.45) is 0 Å². The zero-order valence-electron chi connectivity index (χ0n) is 74.3. The molecule has 0 radical (unpaired) electrons. The standard InChI is InChI=1S/2C47H29N.C39H25N/c1-3-17-33-30(13-1)15-11-24-37(33)45-39-21-6-7-22-40(39)46(38-25-12-16-31-14-2-4-18-34(31)38)43-29-32(27-28-41(43)45)47-42-23-8-5-19-35(42)36-20-9-10-26-44(36)48-47;1-3-13-32-27-34(23-21-30(32)11-1)45-39-17-6-7-18-40(39)46(35-24-22-31-12-2-4-14-33(31)28-35)43-29-36(25-26-41(43)45)47-42-19-8-5-15-37(42)38-16-9-10-20-44(38)48-47;1-3-13-26(14-4-1)37-31-19-8-9-20-32(31)38(27-15-5-2-6-16-27)35-25-28(23-24-33(35)37)39-34-21-10-7-17-29(34)30-18-11-12-22-36(30)40-39/h2*1-29H;1-25H. The maximum atomic E-state index is 5.32. The highest BCUT2D eigenvalue weighted by molar-refractivity contribution is 6.29. The van der Waals surface area contributed by atoms with Gasteiger partial charge in [0.05, 0.1) is 33.6 Å². The molecule has 0 atom stereocenters. The van der Waals surface area contributed by atoms with Gasteiger partial charge in [-0.25, -0.2) is 15.0 Å². The van der Waals surface area contributed by atoms with Gasteiger partial charge >= 0.3 is 0 Å². The molecule has 3 aromatic heterocycles. The first-order valence-corrected chi connectivity index (χ1v) is 46.8. The summed E-state index contributed by atoms with van der Waals surface area (Å²) in [5.41, 5.74) is 24.4. The quantitative estimate of drug-likeness (QED) is 0.107. The zero-order valence-corrected chi connectivity index (χ0v) is 74.3. The van der Waals surface area contributed by atoms with Crippen LogP contribution in [0.25, 0.3) is 273 Å². The van der Waals surface area contributed by atoms with Crippen molar-refractivity contribution in [3.63, 3.8) is 0 Å². The summed E-state index contributed by atoms with van der Waals surface area (Å²) in [5, 5.41) is 35.6. The first-order chi connectivity index (χ1) is 67.5. The smallest absolute Gasteiger partial charge is 0.0788 e. The zero-order chi connectivity index (χ0) is 89.7. The molecule has 3 nitrogen and oxygen atoms in total. The lowest BCUT2D eigenvalue weighted by Gasteiger charge is -2.20. The number of hydrogen-bond acceptors (Lipinski definition) is 3. The molecule has 28 aromatic rings. The van der Waals surface area contributed by atoms with Crippen LogP contribution in [0.5, 0.6) is 0 Å². The maximum absolute atomic E-state index is 5.32. The predicted octanol–water partition coefficient (Wildman–Crippen LogP) is 36.7. The molecule has 0 saturated carbocycles. The monoisotopic (exact) mass is 1720 g/mol. The number of pyridine rings is 3. The Kier molecular flexibility index (Phi) is 19.3. The van der Waals surface area contributed by atoms with E-state index in [2.05, 4.69) is 504 Å². The fourth-order valence-corrected chi connectivity index (χ4v) is 22.0. The molecular weight excluding hydrogens is 1640 g/mol. The maximum Gasteiger partial charge on any atom is 0.0788 e. The topological polar surface area (TPSA) is 38.7 Å². The lowest BCUT2D eigenvalue weighted by molar-refractivity contribution is 1.43. The number of nitrogens with zero attached hydrogens (tertiary/aromatic N) is 3. The summed E-state index contributed by atoms with van der Waals surface area (Å²) in [7, 11) is 0. The average Bonchev–Trinajstić information content (AvgIpc) is 0.638. The Labute approximate surface area is 786 Å². The molecule has 0 fully saturated rings. The van der Waals surface area contributed by atoms with E-state index in [0.29, 0.717) is 0 Å². The predicted molar refractivity (Wildman–Crippen MR) is 582 cm³/mol. The van der Waals surface area contributed by atoms with Crippen LogP contribution in [-0.4, -0.2) is 15.0 Å². The van der Waals surface area contributed by atoms with Gasteiger partial charge in [0, 0.05) is 49.0 Å². The summed E-state index contributed by atoms with van der Waals surface area (Å²) < 4.78 is 0. The summed E-state index contributed by atoms with van der Waals surface area (Å²) in [6.07, 6.45) is 0. The normalized spacial score (nSPS) is 11.7. The second-order valence-corrected chi connectivity index (χ2v) is 35.6. The van der Waals surface area contributed by atoms with E-state index in [1.54, 1.807) is 0 Å². The van der Waals surface area contributed by atoms with Crippen LogP contribution in [0.3, 0.4) is 0 Å². The van der Waals surface area contributed by atoms with Crippen molar-refractivity contribution in [3.05, 3.63) is 504 Å². The van der Waals surface area contributed by atoms with Crippen molar-refractivity contribution in [3.8, 4) is 101 Å². The highest BCUT2D eigenvalue weighted by Gasteiger charge is 2.26. The molecule has 0 N–H and O–H groups in total. The van der Waals surface area contributed by atoms with E-state index >= 15 is 0 Å². The molecule has 0 aliphatic heterocycles. The van der Waals surface area contributed by atoms with Crippen molar-refractivity contribution >= 4 is 173 Å². The van der Waals surface area contributed by atoms with Gasteiger partial charge in [-0.1, -0.05) is 455 Å². The molecule has 0 unspecified atom stereocenters. The Bertz CT molecular complexity index is 9750.